The zero-order valence-electron chi connectivity index (χ0n) is 13.0. The number of amides is 1. The third-order valence-electron chi connectivity index (χ3n) is 3.98. The van der Waals surface area contributed by atoms with Crippen molar-refractivity contribution in [1.29, 1.82) is 0 Å². The number of carbonyl (C=O) groups is 1. The van der Waals surface area contributed by atoms with E-state index in [1.807, 2.05) is 6.92 Å². The fourth-order valence-electron chi connectivity index (χ4n) is 2.75. The van der Waals surface area contributed by atoms with Crippen LogP contribution in [0.2, 0.25) is 5.02 Å². The number of anilines is 1. The SMILES string of the molecule is Cc1noc(C2CCN(CC(=O)Nc3ccc(Cl)cc3)CC2)n1. The number of likely N-dealkylation sites (tertiary alicyclic amines) is 1. The summed E-state index contributed by atoms with van der Waals surface area (Å²) in [5.74, 6) is 1.67. The van der Waals surface area contributed by atoms with Gasteiger partial charge in [0.2, 0.25) is 11.8 Å². The summed E-state index contributed by atoms with van der Waals surface area (Å²) in [6.45, 7) is 3.90. The maximum atomic E-state index is 12.1. The van der Waals surface area contributed by atoms with Gasteiger partial charge in [-0.15, -0.1) is 0 Å². The summed E-state index contributed by atoms with van der Waals surface area (Å²) in [6, 6.07) is 7.11. The van der Waals surface area contributed by atoms with Crippen molar-refractivity contribution in [3.8, 4) is 0 Å². The molecule has 1 fully saturated rings. The Morgan fingerprint density at radius 2 is 2.04 bits per heavy atom. The van der Waals surface area contributed by atoms with E-state index in [0.717, 1.165) is 31.6 Å². The smallest absolute Gasteiger partial charge is 0.238 e. The van der Waals surface area contributed by atoms with Crippen molar-refractivity contribution >= 4 is 23.2 Å². The highest BCUT2D eigenvalue weighted by molar-refractivity contribution is 6.30. The fourth-order valence-corrected chi connectivity index (χ4v) is 2.88. The maximum absolute atomic E-state index is 12.1. The van der Waals surface area contributed by atoms with E-state index in [1.54, 1.807) is 24.3 Å². The number of hydrogen-bond donors (Lipinski definition) is 1. The minimum atomic E-state index is -0.0144. The molecule has 0 spiro atoms. The second kappa shape index (κ2) is 7.10. The summed E-state index contributed by atoms with van der Waals surface area (Å²) in [5, 5.41) is 7.38. The van der Waals surface area contributed by atoms with Gasteiger partial charge < -0.3 is 9.84 Å². The van der Waals surface area contributed by atoms with Crippen molar-refractivity contribution in [2.45, 2.75) is 25.7 Å². The standard InChI is InChI=1S/C16H19ClN4O2/c1-11-18-16(23-20-11)12-6-8-21(9-7-12)10-15(22)19-14-4-2-13(17)3-5-14/h2-5,12H,6-10H2,1H3,(H,19,22). The van der Waals surface area contributed by atoms with Gasteiger partial charge in [0.25, 0.3) is 0 Å². The Balaban J connectivity index is 1.46. The molecule has 1 amide bonds. The van der Waals surface area contributed by atoms with Gasteiger partial charge in [0.1, 0.15) is 0 Å². The number of rotatable bonds is 4. The molecule has 1 aliphatic rings. The highest BCUT2D eigenvalue weighted by Gasteiger charge is 2.25. The number of aromatic nitrogens is 2. The number of nitrogens with one attached hydrogen (secondary N) is 1. The quantitative estimate of drug-likeness (QED) is 0.931. The molecule has 0 atom stereocenters. The first-order chi connectivity index (χ1) is 11.1. The van der Waals surface area contributed by atoms with Crippen molar-refractivity contribution in [3.63, 3.8) is 0 Å². The number of hydrogen-bond acceptors (Lipinski definition) is 5. The lowest BCUT2D eigenvalue weighted by atomic mass is 9.97. The van der Waals surface area contributed by atoms with E-state index in [1.165, 1.54) is 0 Å². The molecule has 2 heterocycles. The molecule has 0 unspecified atom stereocenters. The molecule has 122 valence electrons. The number of piperidine rings is 1. The highest BCUT2D eigenvalue weighted by atomic mass is 35.5. The summed E-state index contributed by atoms with van der Waals surface area (Å²) in [4.78, 5) is 18.5. The zero-order chi connectivity index (χ0) is 16.2. The predicted molar refractivity (Wildman–Crippen MR) is 87.5 cm³/mol. The molecule has 1 saturated heterocycles. The topological polar surface area (TPSA) is 71.3 Å². The van der Waals surface area contributed by atoms with Gasteiger partial charge >= 0.3 is 0 Å². The average Bonchev–Trinajstić information content (AvgIpc) is 2.97. The van der Waals surface area contributed by atoms with Crippen molar-refractivity contribution < 1.29 is 9.32 Å². The third-order valence-corrected chi connectivity index (χ3v) is 4.23. The fraction of sp³-hybridized carbons (Fsp3) is 0.438. The molecular formula is C16H19ClN4O2. The van der Waals surface area contributed by atoms with Gasteiger partial charge in [-0.05, 0) is 57.1 Å². The van der Waals surface area contributed by atoms with E-state index < -0.39 is 0 Å². The lowest BCUT2D eigenvalue weighted by Gasteiger charge is -2.29. The Kier molecular flexibility index (Phi) is 4.93. The molecule has 0 bridgehead atoms. The number of halogens is 1. The van der Waals surface area contributed by atoms with E-state index in [-0.39, 0.29) is 5.91 Å². The van der Waals surface area contributed by atoms with Crippen LogP contribution in [0.15, 0.2) is 28.8 Å². The average molecular weight is 335 g/mol. The van der Waals surface area contributed by atoms with Crippen LogP contribution in [-0.2, 0) is 4.79 Å². The van der Waals surface area contributed by atoms with Gasteiger partial charge in [0, 0.05) is 16.6 Å². The molecule has 23 heavy (non-hydrogen) atoms. The van der Waals surface area contributed by atoms with Crippen LogP contribution >= 0.6 is 11.6 Å². The zero-order valence-corrected chi connectivity index (χ0v) is 13.7. The first-order valence-electron chi connectivity index (χ1n) is 7.68. The second-order valence-electron chi connectivity index (χ2n) is 5.79. The number of benzene rings is 1. The summed E-state index contributed by atoms with van der Waals surface area (Å²) in [6.07, 6.45) is 1.85. The Bertz CT molecular complexity index is 663. The van der Waals surface area contributed by atoms with Gasteiger partial charge in [-0.25, -0.2) is 0 Å². The molecule has 0 radical (unpaired) electrons. The van der Waals surface area contributed by atoms with Gasteiger partial charge in [-0.2, -0.15) is 4.98 Å². The summed E-state index contributed by atoms with van der Waals surface area (Å²) < 4.78 is 5.24. The maximum Gasteiger partial charge on any atom is 0.238 e. The van der Waals surface area contributed by atoms with Crippen LogP contribution < -0.4 is 5.32 Å². The largest absolute Gasteiger partial charge is 0.339 e. The molecule has 1 aromatic carbocycles. The lowest BCUT2D eigenvalue weighted by Crippen LogP contribution is -2.38. The van der Waals surface area contributed by atoms with Crippen LogP contribution in [0.1, 0.15) is 30.5 Å². The monoisotopic (exact) mass is 334 g/mol. The summed E-state index contributed by atoms with van der Waals surface area (Å²) in [7, 11) is 0. The van der Waals surface area contributed by atoms with Crippen LogP contribution in [0.3, 0.4) is 0 Å². The Morgan fingerprint density at radius 1 is 1.35 bits per heavy atom. The van der Waals surface area contributed by atoms with E-state index >= 15 is 0 Å². The minimum absolute atomic E-state index is 0.0144. The lowest BCUT2D eigenvalue weighted by molar-refractivity contribution is -0.117. The van der Waals surface area contributed by atoms with Crippen LogP contribution in [0, 0.1) is 6.92 Å². The van der Waals surface area contributed by atoms with Crippen molar-refractivity contribution in [3.05, 3.63) is 41.0 Å². The molecule has 2 aromatic rings. The highest BCUT2D eigenvalue weighted by Crippen LogP contribution is 2.26. The van der Waals surface area contributed by atoms with Gasteiger partial charge in [-0.3, -0.25) is 9.69 Å². The molecule has 1 aromatic heterocycles. The van der Waals surface area contributed by atoms with Gasteiger partial charge in [0.15, 0.2) is 5.82 Å². The van der Waals surface area contributed by atoms with Crippen LogP contribution in [0.4, 0.5) is 5.69 Å². The Hall–Kier alpha value is -1.92. The molecule has 0 saturated carbocycles. The van der Waals surface area contributed by atoms with Crippen LogP contribution in [0.25, 0.3) is 0 Å². The molecule has 3 rings (SSSR count). The molecule has 1 aliphatic heterocycles. The second-order valence-corrected chi connectivity index (χ2v) is 6.22. The van der Waals surface area contributed by atoms with Gasteiger partial charge in [-0.1, -0.05) is 16.8 Å². The van der Waals surface area contributed by atoms with E-state index in [4.69, 9.17) is 16.1 Å². The summed E-state index contributed by atoms with van der Waals surface area (Å²) in [5.41, 5.74) is 0.760. The van der Waals surface area contributed by atoms with E-state index in [9.17, 15) is 4.79 Å². The van der Waals surface area contributed by atoms with Crippen molar-refractivity contribution in [1.82, 2.24) is 15.0 Å². The van der Waals surface area contributed by atoms with E-state index in [2.05, 4.69) is 20.4 Å². The normalized spacial score (nSPS) is 16.4. The van der Waals surface area contributed by atoms with Gasteiger partial charge in [0.05, 0.1) is 6.54 Å². The summed E-state index contributed by atoms with van der Waals surface area (Å²) >= 11 is 5.83. The Labute approximate surface area is 139 Å². The minimum Gasteiger partial charge on any atom is -0.339 e. The molecule has 6 nitrogen and oxygen atoms in total. The predicted octanol–water partition coefficient (Wildman–Crippen LogP) is 2.85. The molecule has 0 aliphatic carbocycles. The number of nitrogens with zero attached hydrogens (tertiary/aromatic N) is 3. The molecule has 1 N–H and O–H groups in total. The molecular weight excluding hydrogens is 316 g/mol. The first-order valence-corrected chi connectivity index (χ1v) is 8.06. The molecule has 7 heteroatoms. The third kappa shape index (κ3) is 4.30. The van der Waals surface area contributed by atoms with Crippen LogP contribution in [-0.4, -0.2) is 40.6 Å². The van der Waals surface area contributed by atoms with Crippen molar-refractivity contribution in [2.24, 2.45) is 0 Å². The number of carbonyl (C=O) groups excluding carboxylic acids is 1. The first kappa shape index (κ1) is 16.0. The van der Waals surface area contributed by atoms with E-state index in [0.29, 0.717) is 29.2 Å². The number of aryl methyl sites for hydroxylation is 1. The van der Waals surface area contributed by atoms with Crippen molar-refractivity contribution in [2.75, 3.05) is 25.0 Å². The van der Waals surface area contributed by atoms with Crippen LogP contribution in [0.5, 0.6) is 0 Å². The Morgan fingerprint density at radius 3 is 2.65 bits per heavy atom.